The number of halogens is 1. The minimum Gasteiger partial charge on any atom is -0.494 e. The molecule has 16 heavy (non-hydrogen) atoms. The molecule has 0 spiro atoms. The van der Waals surface area contributed by atoms with E-state index >= 15 is 0 Å². The summed E-state index contributed by atoms with van der Waals surface area (Å²) in [5.41, 5.74) is 0.856. The van der Waals surface area contributed by atoms with Crippen molar-refractivity contribution in [1.82, 2.24) is 5.32 Å². The number of hydrogen-bond acceptors (Lipinski definition) is 3. The second-order valence-electron chi connectivity index (χ2n) is 3.39. The number of benzene rings is 1. The largest absolute Gasteiger partial charge is 0.494 e. The van der Waals surface area contributed by atoms with Crippen molar-refractivity contribution in [1.29, 1.82) is 0 Å². The molecule has 1 atom stereocenters. The second kappa shape index (κ2) is 6.45. The Kier molecular flexibility index (Phi) is 5.22. The van der Waals surface area contributed by atoms with Gasteiger partial charge in [0.25, 0.3) is 0 Å². The molecule has 0 saturated heterocycles. The first-order valence-electron chi connectivity index (χ1n) is 5.31. The normalized spacial score (nSPS) is 12.5. The average Bonchev–Trinajstić information content (AvgIpc) is 2.30. The predicted octanol–water partition coefficient (Wildman–Crippen LogP) is 2.13. The summed E-state index contributed by atoms with van der Waals surface area (Å²) < 4.78 is 23.7. The molecular formula is C12H18FNO2. The molecule has 4 heteroatoms. The van der Waals surface area contributed by atoms with E-state index in [9.17, 15) is 4.39 Å². The van der Waals surface area contributed by atoms with E-state index in [4.69, 9.17) is 9.47 Å². The third-order valence-corrected chi connectivity index (χ3v) is 2.42. The molecule has 0 aliphatic rings. The minimum atomic E-state index is -0.350. The summed E-state index contributed by atoms with van der Waals surface area (Å²) in [5, 5.41) is 3.09. The highest BCUT2D eigenvalue weighted by Gasteiger charge is 2.12. The molecule has 1 unspecified atom stereocenters. The van der Waals surface area contributed by atoms with Crippen molar-refractivity contribution < 1.29 is 13.9 Å². The van der Waals surface area contributed by atoms with Crippen LogP contribution in [0.25, 0.3) is 0 Å². The maximum atomic E-state index is 13.5. The molecule has 1 aromatic carbocycles. The van der Waals surface area contributed by atoms with Gasteiger partial charge in [0.2, 0.25) is 0 Å². The molecule has 0 bridgehead atoms. The molecule has 0 radical (unpaired) electrons. The van der Waals surface area contributed by atoms with Crippen molar-refractivity contribution >= 4 is 0 Å². The maximum Gasteiger partial charge on any atom is 0.165 e. The zero-order valence-corrected chi connectivity index (χ0v) is 9.92. The Balaban J connectivity index is 2.80. The molecule has 3 nitrogen and oxygen atoms in total. The highest BCUT2D eigenvalue weighted by atomic mass is 19.1. The van der Waals surface area contributed by atoms with Gasteiger partial charge in [-0.3, -0.25) is 0 Å². The van der Waals surface area contributed by atoms with E-state index < -0.39 is 0 Å². The van der Waals surface area contributed by atoms with Crippen LogP contribution in [0.2, 0.25) is 0 Å². The summed E-state index contributed by atoms with van der Waals surface area (Å²) in [5.74, 6) is -0.0910. The van der Waals surface area contributed by atoms with Crippen molar-refractivity contribution in [2.24, 2.45) is 0 Å². The Morgan fingerprint density at radius 3 is 2.69 bits per heavy atom. The maximum absolute atomic E-state index is 13.5. The van der Waals surface area contributed by atoms with Crippen LogP contribution in [-0.4, -0.2) is 27.4 Å². The first-order chi connectivity index (χ1) is 7.72. The van der Waals surface area contributed by atoms with Crippen molar-refractivity contribution in [3.63, 3.8) is 0 Å². The smallest absolute Gasteiger partial charge is 0.165 e. The zero-order chi connectivity index (χ0) is 12.0. The Hall–Kier alpha value is -1.13. The van der Waals surface area contributed by atoms with Gasteiger partial charge in [-0.25, -0.2) is 4.39 Å². The lowest BCUT2D eigenvalue weighted by molar-refractivity contribution is 0.125. The molecule has 0 aromatic heterocycles. The topological polar surface area (TPSA) is 30.5 Å². The van der Waals surface area contributed by atoms with Crippen LogP contribution in [-0.2, 0) is 4.74 Å². The molecular weight excluding hydrogens is 209 g/mol. The van der Waals surface area contributed by atoms with Crippen LogP contribution in [0.5, 0.6) is 5.75 Å². The molecule has 0 amide bonds. The zero-order valence-electron chi connectivity index (χ0n) is 9.92. The third kappa shape index (κ3) is 3.18. The lowest BCUT2D eigenvalue weighted by atomic mass is 10.1. The summed E-state index contributed by atoms with van der Waals surface area (Å²) in [6.45, 7) is 3.11. The number of hydrogen-bond donors (Lipinski definition) is 1. The van der Waals surface area contributed by atoms with Crippen LogP contribution in [0, 0.1) is 5.82 Å². The SMILES string of the molecule is CCOCC(NC)c1ccc(OC)c(F)c1. The van der Waals surface area contributed by atoms with E-state index in [1.54, 1.807) is 6.07 Å². The molecule has 0 heterocycles. The first kappa shape index (κ1) is 12.9. The van der Waals surface area contributed by atoms with Crippen molar-refractivity contribution in [3.8, 4) is 5.75 Å². The summed E-state index contributed by atoms with van der Waals surface area (Å²) in [4.78, 5) is 0. The highest BCUT2D eigenvalue weighted by Crippen LogP contribution is 2.21. The van der Waals surface area contributed by atoms with E-state index in [2.05, 4.69) is 5.32 Å². The van der Waals surface area contributed by atoms with Gasteiger partial charge in [-0.15, -0.1) is 0 Å². The fourth-order valence-electron chi connectivity index (χ4n) is 1.48. The van der Waals surface area contributed by atoms with Gasteiger partial charge in [-0.05, 0) is 31.7 Å². The Bertz CT molecular complexity index is 331. The van der Waals surface area contributed by atoms with Gasteiger partial charge in [-0.2, -0.15) is 0 Å². The molecule has 0 saturated carbocycles. The monoisotopic (exact) mass is 227 g/mol. The molecule has 1 aromatic rings. The van der Waals surface area contributed by atoms with E-state index in [1.165, 1.54) is 13.2 Å². The first-order valence-corrected chi connectivity index (χ1v) is 5.31. The van der Waals surface area contributed by atoms with E-state index in [0.29, 0.717) is 13.2 Å². The van der Waals surface area contributed by atoms with Crippen LogP contribution in [0.1, 0.15) is 18.5 Å². The molecule has 1 rings (SSSR count). The minimum absolute atomic E-state index is 0.000330. The van der Waals surface area contributed by atoms with Gasteiger partial charge >= 0.3 is 0 Å². The second-order valence-corrected chi connectivity index (χ2v) is 3.39. The van der Waals surface area contributed by atoms with Gasteiger partial charge in [-0.1, -0.05) is 6.07 Å². The number of methoxy groups -OCH3 is 1. The summed E-state index contributed by atoms with van der Waals surface area (Å²) in [6.07, 6.45) is 0. The standard InChI is InChI=1S/C12H18FNO2/c1-4-16-8-11(14-2)9-5-6-12(15-3)10(13)7-9/h5-7,11,14H,4,8H2,1-3H3. The van der Waals surface area contributed by atoms with Crippen molar-refractivity contribution in [2.45, 2.75) is 13.0 Å². The van der Waals surface area contributed by atoms with Crippen LogP contribution in [0.3, 0.4) is 0 Å². The van der Waals surface area contributed by atoms with Crippen LogP contribution >= 0.6 is 0 Å². The van der Waals surface area contributed by atoms with Gasteiger partial charge in [0.1, 0.15) is 0 Å². The van der Waals surface area contributed by atoms with E-state index in [0.717, 1.165) is 5.56 Å². The number of likely N-dealkylation sites (N-methyl/N-ethyl adjacent to an activating group) is 1. The lowest BCUT2D eigenvalue weighted by Gasteiger charge is -2.17. The van der Waals surface area contributed by atoms with Gasteiger partial charge in [0, 0.05) is 6.61 Å². The molecule has 1 N–H and O–H groups in total. The van der Waals surface area contributed by atoms with Gasteiger partial charge in [0.05, 0.1) is 19.8 Å². The lowest BCUT2D eigenvalue weighted by Crippen LogP contribution is -2.22. The average molecular weight is 227 g/mol. The fraction of sp³-hybridized carbons (Fsp3) is 0.500. The van der Waals surface area contributed by atoms with Crippen LogP contribution in [0.15, 0.2) is 18.2 Å². The Morgan fingerprint density at radius 1 is 1.44 bits per heavy atom. The Morgan fingerprint density at radius 2 is 2.19 bits per heavy atom. The van der Waals surface area contributed by atoms with E-state index in [1.807, 2.05) is 20.0 Å². The van der Waals surface area contributed by atoms with Crippen LogP contribution in [0.4, 0.5) is 4.39 Å². The van der Waals surface area contributed by atoms with Crippen LogP contribution < -0.4 is 10.1 Å². The number of rotatable bonds is 6. The Labute approximate surface area is 95.6 Å². The van der Waals surface area contributed by atoms with Crippen molar-refractivity contribution in [3.05, 3.63) is 29.6 Å². The third-order valence-electron chi connectivity index (χ3n) is 2.42. The fourth-order valence-corrected chi connectivity index (χ4v) is 1.48. The van der Waals surface area contributed by atoms with E-state index in [-0.39, 0.29) is 17.6 Å². The summed E-state index contributed by atoms with van der Waals surface area (Å²) in [7, 11) is 3.28. The highest BCUT2D eigenvalue weighted by molar-refractivity contribution is 5.31. The van der Waals surface area contributed by atoms with Gasteiger partial charge < -0.3 is 14.8 Å². The number of nitrogens with one attached hydrogen (secondary N) is 1. The van der Waals surface area contributed by atoms with Gasteiger partial charge in [0.15, 0.2) is 11.6 Å². The molecule has 0 aliphatic heterocycles. The molecule has 0 fully saturated rings. The molecule has 0 aliphatic carbocycles. The van der Waals surface area contributed by atoms with Crippen molar-refractivity contribution in [2.75, 3.05) is 27.4 Å². The summed E-state index contributed by atoms with van der Waals surface area (Å²) in [6, 6.07) is 4.93. The quantitative estimate of drug-likeness (QED) is 0.807. The number of ether oxygens (including phenoxy) is 2. The molecule has 90 valence electrons. The predicted molar refractivity (Wildman–Crippen MR) is 61.2 cm³/mol. The summed E-state index contributed by atoms with van der Waals surface area (Å²) >= 11 is 0.